The first-order chi connectivity index (χ1) is 20.6. The van der Waals surface area contributed by atoms with E-state index in [1.165, 1.54) is 36.4 Å². The molecule has 0 fully saturated rings. The molecular formula is C28H34F3N5O6S2. The van der Waals surface area contributed by atoms with Crippen LogP contribution in [0.4, 0.5) is 23.7 Å². The lowest BCUT2D eigenvalue weighted by molar-refractivity contribution is -0.274. The largest absolute Gasteiger partial charge is 0.573 e. The molecule has 3 aromatic carbocycles. The molecule has 0 bridgehead atoms. The Hall–Kier alpha value is -3.70. The number of urea groups is 1. The van der Waals surface area contributed by atoms with Gasteiger partial charge in [0, 0.05) is 45.0 Å². The van der Waals surface area contributed by atoms with Crippen LogP contribution in [0.1, 0.15) is 11.1 Å². The minimum atomic E-state index is -4.83. The van der Waals surface area contributed by atoms with E-state index in [2.05, 4.69) is 24.8 Å². The number of carbonyl (C=O) groups is 1. The number of amides is 2. The van der Waals surface area contributed by atoms with Gasteiger partial charge in [-0.05, 0) is 62.4 Å². The number of nitrogens with zero attached hydrogens (tertiary/aromatic N) is 1. The van der Waals surface area contributed by atoms with Crippen molar-refractivity contribution in [1.29, 1.82) is 0 Å². The highest BCUT2D eigenvalue weighted by atomic mass is 32.2. The van der Waals surface area contributed by atoms with Gasteiger partial charge in [-0.1, -0.05) is 35.4 Å². The Balaban J connectivity index is 1.55. The van der Waals surface area contributed by atoms with E-state index in [1.54, 1.807) is 29.2 Å². The van der Waals surface area contributed by atoms with Gasteiger partial charge in [-0.3, -0.25) is 4.90 Å². The summed E-state index contributed by atoms with van der Waals surface area (Å²) in [6, 6.07) is 16.7. The van der Waals surface area contributed by atoms with Crippen molar-refractivity contribution < 1.29 is 39.5 Å². The minimum absolute atomic E-state index is 0.0134. The highest BCUT2D eigenvalue weighted by Gasteiger charge is 2.31. The first kappa shape index (κ1) is 34.8. The van der Waals surface area contributed by atoms with Crippen molar-refractivity contribution in [2.75, 3.05) is 44.6 Å². The molecule has 44 heavy (non-hydrogen) atoms. The smallest absolute Gasteiger partial charge is 0.406 e. The SMILES string of the molecule is Cc1ccc(S(=O)(=O)NCCN(CCNC(=O)Nc2ccc(OC(F)(F)F)cc2)CCNS(=O)(=O)c2ccc(C)cc2)cc1. The molecule has 240 valence electrons. The van der Waals surface area contributed by atoms with E-state index in [1.807, 2.05) is 13.8 Å². The molecular weight excluding hydrogens is 623 g/mol. The number of anilines is 1. The van der Waals surface area contributed by atoms with E-state index >= 15 is 0 Å². The van der Waals surface area contributed by atoms with E-state index < -0.39 is 38.2 Å². The lowest BCUT2D eigenvalue weighted by Gasteiger charge is -2.23. The molecule has 0 aromatic heterocycles. The number of alkyl halides is 3. The second-order valence-electron chi connectivity index (χ2n) is 9.72. The summed E-state index contributed by atoms with van der Waals surface area (Å²) >= 11 is 0. The van der Waals surface area contributed by atoms with Crippen LogP contribution in [0.3, 0.4) is 0 Å². The maximum Gasteiger partial charge on any atom is 0.573 e. The van der Waals surface area contributed by atoms with Crippen molar-refractivity contribution in [2.24, 2.45) is 0 Å². The molecule has 0 aliphatic heterocycles. The normalized spacial score (nSPS) is 12.2. The average Bonchev–Trinajstić information content (AvgIpc) is 2.93. The number of hydrogen-bond acceptors (Lipinski definition) is 7. The molecule has 0 atom stereocenters. The number of carbonyl (C=O) groups excluding carboxylic acids is 1. The number of halogens is 3. The summed E-state index contributed by atoms with van der Waals surface area (Å²) in [6.45, 7) is 4.42. The Labute approximate surface area is 254 Å². The molecule has 0 spiro atoms. The topological polar surface area (TPSA) is 146 Å². The number of benzene rings is 3. The monoisotopic (exact) mass is 657 g/mol. The van der Waals surface area contributed by atoms with Gasteiger partial charge in [-0.15, -0.1) is 13.2 Å². The Morgan fingerprint density at radius 2 is 1.14 bits per heavy atom. The standard InChI is InChI=1S/C28H34F3N5O6S2/c1-21-3-11-25(12-4-21)43(38,39)33-16-19-36(20-17-34-44(40,41)26-13-5-22(2)6-14-26)18-15-32-27(37)35-23-7-9-24(10-8-23)42-28(29,30)31/h3-14,33-34H,15-20H2,1-2H3,(H2,32,35,37). The first-order valence-corrected chi connectivity index (χ1v) is 16.4. The maximum atomic E-state index is 12.7. The van der Waals surface area contributed by atoms with Crippen LogP contribution in [0.2, 0.25) is 0 Å². The second kappa shape index (κ2) is 15.3. The van der Waals surface area contributed by atoms with E-state index in [4.69, 9.17) is 0 Å². The van der Waals surface area contributed by atoms with Crippen LogP contribution in [0, 0.1) is 13.8 Å². The van der Waals surface area contributed by atoms with Crippen LogP contribution in [0.25, 0.3) is 0 Å². The van der Waals surface area contributed by atoms with Gasteiger partial charge in [-0.25, -0.2) is 31.1 Å². The summed E-state index contributed by atoms with van der Waals surface area (Å²) in [5.41, 5.74) is 2.05. The molecule has 11 nitrogen and oxygen atoms in total. The number of aryl methyl sites for hydroxylation is 2. The molecule has 4 N–H and O–H groups in total. The predicted octanol–water partition coefficient (Wildman–Crippen LogP) is 3.58. The molecule has 0 aliphatic carbocycles. The summed E-state index contributed by atoms with van der Waals surface area (Å²) in [5, 5.41) is 5.10. The molecule has 0 aliphatic rings. The van der Waals surface area contributed by atoms with Crippen molar-refractivity contribution in [2.45, 2.75) is 30.0 Å². The summed E-state index contributed by atoms with van der Waals surface area (Å²) in [4.78, 5) is 14.3. The number of nitrogens with one attached hydrogen (secondary N) is 4. The molecule has 2 amide bonds. The number of ether oxygens (including phenoxy) is 1. The third-order valence-corrected chi connectivity index (χ3v) is 9.12. The summed E-state index contributed by atoms with van der Waals surface area (Å²) in [6.07, 6.45) is -4.83. The molecule has 16 heteroatoms. The Bertz CT molecular complexity index is 1500. The third kappa shape index (κ3) is 11.8. The van der Waals surface area contributed by atoms with Crippen LogP contribution in [0.5, 0.6) is 5.75 Å². The highest BCUT2D eigenvalue weighted by molar-refractivity contribution is 7.89. The van der Waals surface area contributed by atoms with Gasteiger partial charge >= 0.3 is 12.4 Å². The van der Waals surface area contributed by atoms with Gasteiger partial charge in [0.2, 0.25) is 20.0 Å². The maximum absolute atomic E-state index is 12.7. The fraction of sp³-hybridized carbons (Fsp3) is 0.321. The summed E-state index contributed by atoms with van der Waals surface area (Å²) in [5.74, 6) is -0.435. The molecule has 0 heterocycles. The zero-order chi connectivity index (χ0) is 32.4. The Kier molecular flexibility index (Phi) is 12.1. The van der Waals surface area contributed by atoms with Crippen molar-refractivity contribution in [3.05, 3.63) is 83.9 Å². The van der Waals surface area contributed by atoms with Crippen LogP contribution in [-0.4, -0.2) is 73.4 Å². The fourth-order valence-corrected chi connectivity index (χ4v) is 5.90. The molecule has 0 saturated heterocycles. The van der Waals surface area contributed by atoms with Crippen molar-refractivity contribution in [3.8, 4) is 5.75 Å². The highest BCUT2D eigenvalue weighted by Crippen LogP contribution is 2.24. The van der Waals surface area contributed by atoms with Crippen molar-refractivity contribution >= 4 is 31.8 Å². The van der Waals surface area contributed by atoms with Gasteiger partial charge in [0.25, 0.3) is 0 Å². The fourth-order valence-electron chi connectivity index (χ4n) is 3.86. The van der Waals surface area contributed by atoms with E-state index in [9.17, 15) is 34.8 Å². The average molecular weight is 658 g/mol. The lowest BCUT2D eigenvalue weighted by atomic mass is 10.2. The Morgan fingerprint density at radius 3 is 1.57 bits per heavy atom. The third-order valence-electron chi connectivity index (χ3n) is 6.16. The van der Waals surface area contributed by atoms with Gasteiger partial charge in [0.1, 0.15) is 5.75 Å². The van der Waals surface area contributed by atoms with Gasteiger partial charge in [0.15, 0.2) is 0 Å². The van der Waals surface area contributed by atoms with Gasteiger partial charge < -0.3 is 15.4 Å². The van der Waals surface area contributed by atoms with Crippen LogP contribution in [0.15, 0.2) is 82.6 Å². The quantitative estimate of drug-likeness (QED) is 0.196. The van der Waals surface area contributed by atoms with Gasteiger partial charge in [-0.2, -0.15) is 0 Å². The van der Waals surface area contributed by atoms with Crippen LogP contribution < -0.4 is 24.8 Å². The van der Waals surface area contributed by atoms with E-state index in [0.717, 1.165) is 23.3 Å². The zero-order valence-electron chi connectivity index (χ0n) is 24.0. The molecule has 0 unspecified atom stereocenters. The zero-order valence-corrected chi connectivity index (χ0v) is 25.7. The molecule has 3 aromatic rings. The van der Waals surface area contributed by atoms with Gasteiger partial charge in [0.05, 0.1) is 9.79 Å². The summed E-state index contributed by atoms with van der Waals surface area (Å²) < 4.78 is 96.5. The molecule has 0 saturated carbocycles. The second-order valence-corrected chi connectivity index (χ2v) is 13.3. The lowest BCUT2D eigenvalue weighted by Crippen LogP contribution is -2.43. The summed E-state index contributed by atoms with van der Waals surface area (Å²) in [7, 11) is -7.55. The minimum Gasteiger partial charge on any atom is -0.406 e. The number of sulfonamides is 2. The Morgan fingerprint density at radius 1 is 0.705 bits per heavy atom. The predicted molar refractivity (Wildman–Crippen MR) is 159 cm³/mol. The number of rotatable bonds is 15. The van der Waals surface area contributed by atoms with E-state index in [-0.39, 0.29) is 54.7 Å². The van der Waals surface area contributed by atoms with Crippen molar-refractivity contribution in [3.63, 3.8) is 0 Å². The van der Waals surface area contributed by atoms with E-state index in [0.29, 0.717) is 0 Å². The van der Waals surface area contributed by atoms with Crippen molar-refractivity contribution in [1.82, 2.24) is 19.7 Å². The molecule has 3 rings (SSSR count). The first-order valence-electron chi connectivity index (χ1n) is 13.4. The van der Waals surface area contributed by atoms with Crippen LogP contribution >= 0.6 is 0 Å². The number of hydrogen-bond donors (Lipinski definition) is 4. The van der Waals surface area contributed by atoms with Crippen LogP contribution in [-0.2, 0) is 20.0 Å². The molecule has 0 radical (unpaired) electrons.